The summed E-state index contributed by atoms with van der Waals surface area (Å²) in [4.78, 5) is 12.3. The zero-order valence-corrected chi connectivity index (χ0v) is 13.6. The molecule has 122 valence electrons. The van der Waals surface area contributed by atoms with E-state index in [1.165, 1.54) is 0 Å². The van der Waals surface area contributed by atoms with Gasteiger partial charge in [0.2, 0.25) is 5.92 Å². The van der Waals surface area contributed by atoms with Crippen LogP contribution in [-0.4, -0.2) is 17.0 Å². The van der Waals surface area contributed by atoms with Crippen LogP contribution in [0, 0.1) is 18.3 Å². The maximum atomic E-state index is 13.8. The first-order chi connectivity index (χ1) is 10.0. The van der Waals surface area contributed by atoms with Crippen LogP contribution in [0.4, 0.5) is 8.78 Å². The van der Waals surface area contributed by atoms with E-state index in [4.69, 9.17) is 0 Å². The van der Waals surface area contributed by atoms with Crippen LogP contribution in [-0.2, 0) is 10.2 Å². The number of rotatable bonds is 3. The van der Waals surface area contributed by atoms with Gasteiger partial charge in [-0.2, -0.15) is 0 Å². The number of aliphatic carboxylic acids is 1. The van der Waals surface area contributed by atoms with Gasteiger partial charge >= 0.3 is 5.97 Å². The first kappa shape index (κ1) is 16.9. The summed E-state index contributed by atoms with van der Waals surface area (Å²) in [6, 6.07) is 7.27. The second-order valence-electron chi connectivity index (χ2n) is 7.52. The lowest BCUT2D eigenvalue weighted by Crippen LogP contribution is -2.52. The van der Waals surface area contributed by atoms with Crippen LogP contribution in [0.2, 0.25) is 0 Å². The highest BCUT2D eigenvalue weighted by Gasteiger charge is 2.59. The molecule has 0 bridgehead atoms. The molecule has 2 rings (SSSR count). The van der Waals surface area contributed by atoms with Crippen molar-refractivity contribution in [2.24, 2.45) is 11.3 Å². The van der Waals surface area contributed by atoms with Crippen molar-refractivity contribution in [3.8, 4) is 0 Å². The number of hydrogen-bond donors (Lipinski definition) is 1. The van der Waals surface area contributed by atoms with Crippen molar-refractivity contribution in [2.45, 2.75) is 58.3 Å². The SMILES string of the molecule is Cc1ccc(C(C(=O)O)(C2CCC(F)(F)C2)C(C)(C)C)cc1. The van der Waals surface area contributed by atoms with Gasteiger partial charge < -0.3 is 5.11 Å². The monoisotopic (exact) mass is 310 g/mol. The zero-order valence-electron chi connectivity index (χ0n) is 13.6. The van der Waals surface area contributed by atoms with Crippen LogP contribution in [0.3, 0.4) is 0 Å². The van der Waals surface area contributed by atoms with Gasteiger partial charge in [0.15, 0.2) is 0 Å². The molecule has 1 aromatic carbocycles. The highest BCUT2D eigenvalue weighted by atomic mass is 19.3. The Bertz CT molecular complexity index is 557. The molecule has 2 nitrogen and oxygen atoms in total. The van der Waals surface area contributed by atoms with E-state index in [-0.39, 0.29) is 19.3 Å². The summed E-state index contributed by atoms with van der Waals surface area (Å²) in [7, 11) is 0. The van der Waals surface area contributed by atoms with Gasteiger partial charge in [-0.15, -0.1) is 0 Å². The molecule has 2 unspecified atom stereocenters. The van der Waals surface area contributed by atoms with Crippen molar-refractivity contribution in [3.05, 3.63) is 35.4 Å². The largest absolute Gasteiger partial charge is 0.481 e. The molecule has 22 heavy (non-hydrogen) atoms. The Morgan fingerprint density at radius 1 is 1.23 bits per heavy atom. The van der Waals surface area contributed by atoms with E-state index in [9.17, 15) is 18.7 Å². The topological polar surface area (TPSA) is 37.3 Å². The predicted octanol–water partition coefficient (Wildman–Crippen LogP) is 4.80. The highest BCUT2D eigenvalue weighted by molar-refractivity contribution is 5.83. The number of hydrogen-bond acceptors (Lipinski definition) is 1. The average Bonchev–Trinajstić information content (AvgIpc) is 2.71. The van der Waals surface area contributed by atoms with Gasteiger partial charge in [0.05, 0.1) is 0 Å². The minimum atomic E-state index is -2.76. The minimum Gasteiger partial charge on any atom is -0.481 e. The van der Waals surface area contributed by atoms with Crippen molar-refractivity contribution in [2.75, 3.05) is 0 Å². The first-order valence-electron chi connectivity index (χ1n) is 7.69. The molecule has 1 saturated carbocycles. The molecule has 0 aliphatic heterocycles. The number of halogens is 2. The van der Waals surface area contributed by atoms with E-state index >= 15 is 0 Å². The fourth-order valence-corrected chi connectivity index (χ4v) is 4.04. The molecule has 1 aromatic rings. The van der Waals surface area contributed by atoms with Gasteiger partial charge in [-0.25, -0.2) is 8.78 Å². The van der Waals surface area contributed by atoms with E-state index in [0.29, 0.717) is 5.56 Å². The van der Waals surface area contributed by atoms with Crippen molar-refractivity contribution in [1.82, 2.24) is 0 Å². The first-order valence-corrected chi connectivity index (χ1v) is 7.69. The maximum absolute atomic E-state index is 13.8. The Morgan fingerprint density at radius 2 is 1.77 bits per heavy atom. The van der Waals surface area contributed by atoms with E-state index in [2.05, 4.69) is 0 Å². The molecule has 1 aliphatic carbocycles. The lowest BCUT2D eigenvalue weighted by Gasteiger charge is -2.46. The van der Waals surface area contributed by atoms with Gasteiger partial charge in [-0.1, -0.05) is 50.6 Å². The molecule has 1 N–H and O–H groups in total. The normalized spacial score (nSPS) is 24.0. The number of benzene rings is 1. The smallest absolute Gasteiger partial charge is 0.314 e. The average molecular weight is 310 g/mol. The molecular weight excluding hydrogens is 286 g/mol. The molecule has 1 fully saturated rings. The van der Waals surface area contributed by atoms with Crippen LogP contribution < -0.4 is 0 Å². The van der Waals surface area contributed by atoms with Crippen LogP contribution in [0.25, 0.3) is 0 Å². The fourth-order valence-electron chi connectivity index (χ4n) is 4.04. The van der Waals surface area contributed by atoms with Gasteiger partial charge in [0, 0.05) is 12.8 Å². The molecule has 0 amide bonds. The molecular formula is C18H24F2O2. The van der Waals surface area contributed by atoms with Crippen molar-refractivity contribution in [3.63, 3.8) is 0 Å². The Morgan fingerprint density at radius 3 is 2.14 bits per heavy atom. The maximum Gasteiger partial charge on any atom is 0.314 e. The number of carboxylic acid groups (broad SMARTS) is 1. The Kier molecular flexibility index (Phi) is 4.09. The predicted molar refractivity (Wildman–Crippen MR) is 82.2 cm³/mol. The third-order valence-corrected chi connectivity index (χ3v) is 5.04. The van der Waals surface area contributed by atoms with Gasteiger partial charge in [-0.05, 0) is 30.2 Å². The summed E-state index contributed by atoms with van der Waals surface area (Å²) in [6.07, 6.45) is -0.344. The van der Waals surface area contributed by atoms with E-state index in [1.54, 1.807) is 12.1 Å². The third-order valence-electron chi connectivity index (χ3n) is 5.04. The third kappa shape index (κ3) is 2.64. The lowest BCUT2D eigenvalue weighted by molar-refractivity contribution is -0.152. The van der Waals surface area contributed by atoms with E-state index in [0.717, 1.165) is 5.56 Å². The summed E-state index contributed by atoms with van der Waals surface area (Å²) >= 11 is 0. The highest BCUT2D eigenvalue weighted by Crippen LogP contribution is 2.55. The molecule has 0 heterocycles. The Hall–Kier alpha value is -1.45. The Balaban J connectivity index is 2.63. The van der Waals surface area contributed by atoms with Crippen LogP contribution in [0.1, 0.15) is 51.2 Å². The van der Waals surface area contributed by atoms with Crippen LogP contribution in [0.15, 0.2) is 24.3 Å². The fraction of sp³-hybridized carbons (Fsp3) is 0.611. The standard InChI is InChI=1S/C18H24F2O2/c1-12-5-7-13(8-6-12)18(15(21)22,16(2,3)4)14-9-10-17(19,20)11-14/h5-8,14H,9-11H2,1-4H3,(H,21,22). The summed E-state index contributed by atoms with van der Waals surface area (Å²) < 4.78 is 27.5. The van der Waals surface area contributed by atoms with Crippen LogP contribution >= 0.6 is 0 Å². The second kappa shape index (κ2) is 5.32. The number of carbonyl (C=O) groups is 1. The second-order valence-corrected chi connectivity index (χ2v) is 7.52. The summed E-state index contributed by atoms with van der Waals surface area (Å²) in [5, 5.41) is 10.1. The van der Waals surface area contributed by atoms with Gasteiger partial charge in [0.1, 0.15) is 5.41 Å². The number of aryl methyl sites for hydroxylation is 1. The molecule has 0 radical (unpaired) electrons. The molecule has 0 spiro atoms. The number of carboxylic acids is 1. The van der Waals surface area contributed by atoms with Crippen molar-refractivity contribution < 1.29 is 18.7 Å². The van der Waals surface area contributed by atoms with E-state index in [1.807, 2.05) is 39.8 Å². The summed E-state index contributed by atoms with van der Waals surface area (Å²) in [5.74, 6) is -4.34. The molecule has 0 aromatic heterocycles. The molecule has 2 atom stereocenters. The molecule has 4 heteroatoms. The number of alkyl halides is 2. The molecule has 1 aliphatic rings. The summed E-state index contributed by atoms with van der Waals surface area (Å²) in [5.41, 5.74) is -0.325. The minimum absolute atomic E-state index is 0.228. The zero-order chi connectivity index (χ0) is 16.8. The van der Waals surface area contributed by atoms with Crippen LogP contribution in [0.5, 0.6) is 0 Å². The van der Waals surface area contributed by atoms with Gasteiger partial charge in [0.25, 0.3) is 0 Å². The summed E-state index contributed by atoms with van der Waals surface area (Å²) in [6.45, 7) is 7.42. The van der Waals surface area contributed by atoms with Crippen molar-refractivity contribution >= 4 is 5.97 Å². The quantitative estimate of drug-likeness (QED) is 0.871. The van der Waals surface area contributed by atoms with E-state index < -0.39 is 28.6 Å². The van der Waals surface area contributed by atoms with Crippen molar-refractivity contribution in [1.29, 1.82) is 0 Å². The molecule has 0 saturated heterocycles. The van der Waals surface area contributed by atoms with Gasteiger partial charge in [-0.3, -0.25) is 4.79 Å². The lowest BCUT2D eigenvalue weighted by atomic mass is 9.55. The Labute approximate surface area is 130 Å².